The van der Waals surface area contributed by atoms with E-state index in [9.17, 15) is 9.90 Å². The van der Waals surface area contributed by atoms with Crippen molar-refractivity contribution in [2.75, 3.05) is 27.4 Å². The molecule has 0 bridgehead atoms. The highest BCUT2D eigenvalue weighted by molar-refractivity contribution is 5.80. The number of carbonyl (C=O) groups is 1. The van der Waals surface area contributed by atoms with Crippen molar-refractivity contribution in [1.82, 2.24) is 15.8 Å². The molecule has 2 aliphatic rings. The van der Waals surface area contributed by atoms with E-state index in [2.05, 4.69) is 10.7 Å². The fourth-order valence-corrected chi connectivity index (χ4v) is 3.67. The molecule has 0 radical (unpaired) electrons. The first kappa shape index (κ1) is 17.0. The fourth-order valence-electron chi connectivity index (χ4n) is 3.67. The number of hydrazine groups is 1. The molecule has 4 atom stereocenters. The van der Waals surface area contributed by atoms with Crippen LogP contribution in [0.3, 0.4) is 0 Å². The summed E-state index contributed by atoms with van der Waals surface area (Å²) >= 11 is 0. The second-order valence-corrected chi connectivity index (χ2v) is 6.31. The average molecular weight is 335 g/mol. The zero-order valence-corrected chi connectivity index (χ0v) is 14.3. The Morgan fingerprint density at radius 1 is 1.29 bits per heavy atom. The first-order valence-corrected chi connectivity index (χ1v) is 8.26. The molecule has 2 saturated heterocycles. The van der Waals surface area contributed by atoms with Crippen molar-refractivity contribution in [2.24, 2.45) is 5.92 Å². The van der Waals surface area contributed by atoms with E-state index in [0.29, 0.717) is 24.5 Å². The van der Waals surface area contributed by atoms with Gasteiger partial charge in [-0.25, -0.2) is 5.43 Å². The van der Waals surface area contributed by atoms with Crippen molar-refractivity contribution < 1.29 is 19.4 Å². The topological polar surface area (TPSA) is 83.1 Å². The average Bonchev–Trinajstić information content (AvgIpc) is 3.01. The van der Waals surface area contributed by atoms with Gasteiger partial charge in [0.1, 0.15) is 6.17 Å². The summed E-state index contributed by atoms with van der Waals surface area (Å²) in [6, 6.07) is 5.88. The number of methoxy groups -OCH3 is 2. The van der Waals surface area contributed by atoms with Crippen LogP contribution in [0, 0.1) is 5.92 Å². The van der Waals surface area contributed by atoms with Crippen LogP contribution in [0.5, 0.6) is 11.5 Å². The van der Waals surface area contributed by atoms with E-state index < -0.39 is 0 Å². The van der Waals surface area contributed by atoms with E-state index in [1.807, 2.05) is 25.1 Å². The van der Waals surface area contributed by atoms with Gasteiger partial charge in [0.15, 0.2) is 11.5 Å². The molecule has 3 rings (SSSR count). The van der Waals surface area contributed by atoms with Crippen molar-refractivity contribution in [1.29, 1.82) is 0 Å². The van der Waals surface area contributed by atoms with E-state index >= 15 is 0 Å². The molecular formula is C17H25N3O4. The summed E-state index contributed by atoms with van der Waals surface area (Å²) < 4.78 is 10.7. The van der Waals surface area contributed by atoms with Gasteiger partial charge >= 0.3 is 0 Å². The van der Waals surface area contributed by atoms with Gasteiger partial charge in [0, 0.05) is 25.1 Å². The molecule has 0 aliphatic carbocycles. The van der Waals surface area contributed by atoms with Gasteiger partial charge < -0.3 is 14.6 Å². The van der Waals surface area contributed by atoms with Crippen LogP contribution in [0.4, 0.5) is 0 Å². The van der Waals surface area contributed by atoms with Crippen LogP contribution in [0.1, 0.15) is 24.8 Å². The number of aliphatic hydroxyl groups is 1. The summed E-state index contributed by atoms with van der Waals surface area (Å²) in [5.74, 6) is 1.33. The molecule has 24 heavy (non-hydrogen) atoms. The lowest BCUT2D eigenvalue weighted by atomic mass is 9.89. The molecule has 0 spiro atoms. The third-order valence-corrected chi connectivity index (χ3v) is 5.01. The summed E-state index contributed by atoms with van der Waals surface area (Å²) in [6.45, 7) is 2.68. The van der Waals surface area contributed by atoms with E-state index in [1.165, 1.54) is 0 Å². The minimum Gasteiger partial charge on any atom is -0.493 e. The van der Waals surface area contributed by atoms with Crippen LogP contribution in [0.15, 0.2) is 18.2 Å². The number of amides is 1. The minimum atomic E-state index is -0.206. The van der Waals surface area contributed by atoms with Gasteiger partial charge in [-0.05, 0) is 31.0 Å². The van der Waals surface area contributed by atoms with Gasteiger partial charge in [0.05, 0.1) is 20.1 Å². The molecule has 7 heteroatoms. The largest absolute Gasteiger partial charge is 0.493 e. The number of carbonyl (C=O) groups excluding carboxylic acids is 1. The lowest BCUT2D eigenvalue weighted by molar-refractivity contribution is -0.146. The summed E-state index contributed by atoms with van der Waals surface area (Å²) in [6.07, 6.45) is 0.361. The molecule has 2 heterocycles. The van der Waals surface area contributed by atoms with Crippen LogP contribution in [-0.4, -0.2) is 55.6 Å². The molecule has 1 aromatic carbocycles. The molecule has 2 aliphatic heterocycles. The number of hydrogen-bond acceptors (Lipinski definition) is 6. The quantitative estimate of drug-likeness (QED) is 0.725. The maximum atomic E-state index is 12.7. The van der Waals surface area contributed by atoms with Crippen LogP contribution in [-0.2, 0) is 4.79 Å². The van der Waals surface area contributed by atoms with Gasteiger partial charge in [-0.3, -0.25) is 15.1 Å². The van der Waals surface area contributed by atoms with Gasteiger partial charge in [-0.1, -0.05) is 6.07 Å². The number of hydrogen-bond donors (Lipinski definition) is 3. The van der Waals surface area contributed by atoms with Gasteiger partial charge in [0.2, 0.25) is 5.91 Å². The Bertz CT molecular complexity index is 609. The zero-order chi connectivity index (χ0) is 17.3. The summed E-state index contributed by atoms with van der Waals surface area (Å²) in [5.41, 5.74) is 4.28. The molecular weight excluding hydrogens is 310 g/mol. The molecule has 3 N–H and O–H groups in total. The van der Waals surface area contributed by atoms with Crippen molar-refractivity contribution >= 4 is 5.91 Å². The molecule has 0 aromatic heterocycles. The Morgan fingerprint density at radius 2 is 2.04 bits per heavy atom. The monoisotopic (exact) mass is 335 g/mol. The van der Waals surface area contributed by atoms with E-state index in [-0.39, 0.29) is 36.6 Å². The summed E-state index contributed by atoms with van der Waals surface area (Å²) in [7, 11) is 3.23. The van der Waals surface area contributed by atoms with Gasteiger partial charge in [0.25, 0.3) is 0 Å². The molecule has 2 fully saturated rings. The number of nitrogens with one attached hydrogen (secondary N) is 2. The first-order chi connectivity index (χ1) is 11.6. The molecule has 0 saturated carbocycles. The lowest BCUT2D eigenvalue weighted by Crippen LogP contribution is -2.63. The standard InChI is InChI=1S/C17H25N3O4/c1-10-12(6-7-21)17(22)20-16(19-10)13(9-18-20)11-4-5-14(23-2)15(8-11)24-3/h4-5,8,10,12-13,16,18-19,21H,6-7,9H2,1-3H3. The lowest BCUT2D eigenvalue weighted by Gasteiger charge is -2.40. The van der Waals surface area contributed by atoms with E-state index in [4.69, 9.17) is 9.47 Å². The maximum Gasteiger partial charge on any atom is 0.242 e. The number of nitrogens with zero attached hydrogens (tertiary/aromatic N) is 1. The van der Waals surface area contributed by atoms with E-state index in [1.54, 1.807) is 19.2 Å². The smallest absolute Gasteiger partial charge is 0.242 e. The van der Waals surface area contributed by atoms with Crippen LogP contribution < -0.4 is 20.2 Å². The number of ether oxygens (including phenoxy) is 2. The van der Waals surface area contributed by atoms with Crippen molar-refractivity contribution in [3.8, 4) is 11.5 Å². The van der Waals surface area contributed by atoms with Crippen LogP contribution in [0.25, 0.3) is 0 Å². The Kier molecular flexibility index (Phi) is 4.93. The van der Waals surface area contributed by atoms with Crippen molar-refractivity contribution in [2.45, 2.75) is 31.5 Å². The number of aliphatic hydroxyl groups excluding tert-OH is 1. The normalized spacial score (nSPS) is 29.5. The van der Waals surface area contributed by atoms with Crippen LogP contribution in [0.2, 0.25) is 0 Å². The van der Waals surface area contributed by atoms with Gasteiger partial charge in [-0.15, -0.1) is 0 Å². The van der Waals surface area contributed by atoms with Crippen molar-refractivity contribution in [3.63, 3.8) is 0 Å². The third kappa shape index (κ3) is 2.83. The fraction of sp³-hybridized carbons (Fsp3) is 0.588. The molecule has 132 valence electrons. The highest BCUT2D eigenvalue weighted by Crippen LogP contribution is 2.36. The molecule has 1 amide bonds. The minimum absolute atomic E-state index is 0.0139. The predicted octanol–water partition coefficient (Wildman–Crippen LogP) is 0.451. The molecule has 1 aromatic rings. The Morgan fingerprint density at radius 3 is 2.71 bits per heavy atom. The SMILES string of the molecule is COc1ccc(C2CNN3C(=O)C(CCO)C(C)NC23)cc1OC. The zero-order valence-electron chi connectivity index (χ0n) is 14.3. The maximum absolute atomic E-state index is 12.7. The second kappa shape index (κ2) is 6.96. The van der Waals surface area contributed by atoms with E-state index in [0.717, 1.165) is 5.56 Å². The first-order valence-electron chi connectivity index (χ1n) is 8.26. The Hall–Kier alpha value is -1.83. The molecule has 7 nitrogen and oxygen atoms in total. The predicted molar refractivity (Wildman–Crippen MR) is 88.7 cm³/mol. The Labute approximate surface area is 141 Å². The van der Waals surface area contributed by atoms with Gasteiger partial charge in [-0.2, -0.15) is 0 Å². The highest BCUT2D eigenvalue weighted by Gasteiger charge is 2.46. The third-order valence-electron chi connectivity index (χ3n) is 5.01. The van der Waals surface area contributed by atoms with Crippen molar-refractivity contribution in [3.05, 3.63) is 23.8 Å². The second-order valence-electron chi connectivity index (χ2n) is 6.31. The number of rotatable bonds is 5. The Balaban J connectivity index is 1.84. The number of benzene rings is 1. The molecule has 4 unspecified atom stereocenters. The summed E-state index contributed by atoms with van der Waals surface area (Å²) in [5, 5.41) is 14.4. The summed E-state index contributed by atoms with van der Waals surface area (Å²) in [4.78, 5) is 12.7. The highest BCUT2D eigenvalue weighted by atomic mass is 16.5. The number of fused-ring (bicyclic) bond motifs is 1. The van der Waals surface area contributed by atoms with Crippen LogP contribution >= 0.6 is 0 Å².